The van der Waals surface area contributed by atoms with E-state index < -0.39 is 0 Å². The van der Waals surface area contributed by atoms with Gasteiger partial charge in [0.15, 0.2) is 5.82 Å². The standard InChI is InChI=1S/C26H30ClN9S/c1-15-13-37-23-22(15)29-14-30-24(23)36-25(28)32-26(33-36)31-18-4-5-20(19(27)12-18)34-6-8-35(9-7-34)21-11-16-2-3-17(21)10-16/h4-5,12-14,16-17,21H,2-3,6-11H2,1H3,(H3,28,31,32,33)/t16-,17+,21+/m1/s1. The molecule has 1 aromatic carbocycles. The normalized spacial score (nSPS) is 23.8. The third-order valence-corrected chi connectivity index (χ3v) is 9.76. The third kappa shape index (κ3) is 4.11. The van der Waals surface area contributed by atoms with E-state index in [0.29, 0.717) is 11.8 Å². The van der Waals surface area contributed by atoms with Crippen LogP contribution < -0.4 is 16.0 Å². The number of nitrogens with two attached hydrogens (primary N) is 1. The molecule has 2 bridgehead atoms. The van der Waals surface area contributed by atoms with Gasteiger partial charge in [-0.25, -0.2) is 9.97 Å². The average molecular weight is 536 g/mol. The molecule has 2 aliphatic carbocycles. The molecule has 37 heavy (non-hydrogen) atoms. The zero-order chi connectivity index (χ0) is 25.1. The molecule has 3 aromatic heterocycles. The van der Waals surface area contributed by atoms with E-state index in [-0.39, 0.29) is 5.95 Å². The summed E-state index contributed by atoms with van der Waals surface area (Å²) in [5, 5.41) is 10.6. The largest absolute Gasteiger partial charge is 0.368 e. The molecule has 0 unspecified atom stereocenters. The van der Waals surface area contributed by atoms with E-state index >= 15 is 0 Å². The molecule has 11 heteroatoms. The van der Waals surface area contributed by atoms with Gasteiger partial charge in [-0.1, -0.05) is 18.0 Å². The number of anilines is 4. The lowest BCUT2D eigenvalue weighted by atomic mass is 9.93. The molecule has 3 aliphatic rings. The molecular weight excluding hydrogens is 506 g/mol. The van der Waals surface area contributed by atoms with Gasteiger partial charge in [-0.3, -0.25) is 4.90 Å². The van der Waals surface area contributed by atoms with E-state index in [2.05, 4.69) is 46.6 Å². The number of nitrogen functional groups attached to an aromatic ring is 1. The van der Waals surface area contributed by atoms with Crippen LogP contribution in [-0.2, 0) is 0 Å². The van der Waals surface area contributed by atoms with Gasteiger partial charge >= 0.3 is 0 Å². The van der Waals surface area contributed by atoms with Crippen molar-refractivity contribution in [3.05, 3.63) is 40.5 Å². The van der Waals surface area contributed by atoms with Crippen LogP contribution in [0.3, 0.4) is 0 Å². The predicted octanol–water partition coefficient (Wildman–Crippen LogP) is 4.87. The van der Waals surface area contributed by atoms with Gasteiger partial charge < -0.3 is 16.0 Å². The molecule has 3 N–H and O–H groups in total. The average Bonchev–Trinajstić information content (AvgIpc) is 3.69. The monoisotopic (exact) mass is 535 g/mol. The van der Waals surface area contributed by atoms with Gasteiger partial charge in [0.25, 0.3) is 0 Å². The van der Waals surface area contributed by atoms with Crippen LogP contribution in [-0.4, -0.2) is 61.9 Å². The van der Waals surface area contributed by atoms with Crippen LogP contribution in [0.4, 0.5) is 23.3 Å². The first-order valence-electron chi connectivity index (χ1n) is 13.0. The van der Waals surface area contributed by atoms with Gasteiger partial charge in [0.2, 0.25) is 11.9 Å². The molecule has 0 amide bonds. The second-order valence-corrected chi connectivity index (χ2v) is 11.8. The lowest BCUT2D eigenvalue weighted by Crippen LogP contribution is -2.51. The van der Waals surface area contributed by atoms with Crippen LogP contribution in [0.15, 0.2) is 29.9 Å². The Labute approximate surface area is 224 Å². The van der Waals surface area contributed by atoms with E-state index in [4.69, 9.17) is 17.3 Å². The van der Waals surface area contributed by atoms with Crippen LogP contribution >= 0.6 is 22.9 Å². The van der Waals surface area contributed by atoms with Crippen LogP contribution in [0.1, 0.15) is 31.2 Å². The number of hydrogen-bond acceptors (Lipinski definition) is 9. The maximum Gasteiger partial charge on any atom is 0.248 e. The molecule has 3 fully saturated rings. The van der Waals surface area contributed by atoms with Crippen LogP contribution in [0.25, 0.3) is 16.0 Å². The lowest BCUT2D eigenvalue weighted by Gasteiger charge is -2.42. The molecule has 1 aliphatic heterocycles. The summed E-state index contributed by atoms with van der Waals surface area (Å²) in [6, 6.07) is 6.85. The molecule has 2 saturated carbocycles. The number of hydrogen-bond donors (Lipinski definition) is 2. The van der Waals surface area contributed by atoms with Gasteiger partial charge in [-0.2, -0.15) is 9.67 Å². The van der Waals surface area contributed by atoms with Crippen molar-refractivity contribution >= 4 is 56.4 Å². The fourth-order valence-corrected chi connectivity index (χ4v) is 7.84. The summed E-state index contributed by atoms with van der Waals surface area (Å²) in [6.45, 7) is 6.28. The molecule has 7 rings (SSSR count). The van der Waals surface area contributed by atoms with E-state index in [1.165, 1.54) is 32.0 Å². The summed E-state index contributed by atoms with van der Waals surface area (Å²) in [6.07, 6.45) is 7.29. The Kier molecular flexibility index (Phi) is 5.71. The molecule has 192 valence electrons. The minimum atomic E-state index is 0.254. The molecule has 4 aromatic rings. The fourth-order valence-electron chi connectivity index (χ4n) is 6.56. The summed E-state index contributed by atoms with van der Waals surface area (Å²) in [7, 11) is 0. The second-order valence-electron chi connectivity index (χ2n) is 10.6. The Morgan fingerprint density at radius 1 is 1.11 bits per heavy atom. The Hall–Kier alpha value is -2.95. The number of aryl methyl sites for hydroxylation is 1. The molecular formula is C26H30ClN9S. The molecule has 0 spiro atoms. The van der Waals surface area contributed by atoms with Gasteiger partial charge in [0.05, 0.1) is 20.9 Å². The van der Waals surface area contributed by atoms with E-state index in [1.807, 2.05) is 19.1 Å². The first-order valence-corrected chi connectivity index (χ1v) is 14.3. The molecule has 3 atom stereocenters. The highest BCUT2D eigenvalue weighted by Gasteiger charge is 2.42. The van der Waals surface area contributed by atoms with Crippen molar-refractivity contribution in [3.63, 3.8) is 0 Å². The summed E-state index contributed by atoms with van der Waals surface area (Å²) in [4.78, 5) is 18.3. The molecule has 0 radical (unpaired) electrons. The van der Waals surface area contributed by atoms with Gasteiger partial charge in [-0.05, 0) is 67.2 Å². The second kappa shape index (κ2) is 9.11. The molecule has 9 nitrogen and oxygen atoms in total. The molecule has 1 saturated heterocycles. The first-order chi connectivity index (χ1) is 18.0. The number of thiophene rings is 1. The Bertz CT molecular complexity index is 1460. The van der Waals surface area contributed by atoms with Crippen molar-refractivity contribution in [3.8, 4) is 5.82 Å². The first kappa shape index (κ1) is 23.2. The number of piperazine rings is 1. The fraction of sp³-hybridized carbons (Fsp3) is 0.462. The van der Waals surface area contributed by atoms with Crippen molar-refractivity contribution in [2.24, 2.45) is 11.8 Å². The van der Waals surface area contributed by atoms with Crippen LogP contribution in [0.2, 0.25) is 5.02 Å². The highest BCUT2D eigenvalue weighted by Crippen LogP contribution is 2.47. The van der Waals surface area contributed by atoms with Crippen molar-refractivity contribution < 1.29 is 0 Å². The summed E-state index contributed by atoms with van der Waals surface area (Å²) < 4.78 is 2.48. The van der Waals surface area contributed by atoms with Crippen molar-refractivity contribution in [2.45, 2.75) is 38.6 Å². The lowest BCUT2D eigenvalue weighted by molar-refractivity contribution is 0.135. The SMILES string of the molecule is Cc1csc2c(-n3nc(Nc4ccc(N5CCN([C@H]6C[C@@H]7CC[C@H]6C7)CC5)c(Cl)c4)nc3N)ncnc12. The minimum Gasteiger partial charge on any atom is -0.368 e. The summed E-state index contributed by atoms with van der Waals surface area (Å²) in [5.41, 5.74) is 10.1. The molecule has 4 heterocycles. The third-order valence-electron chi connectivity index (χ3n) is 8.37. The Morgan fingerprint density at radius 3 is 2.73 bits per heavy atom. The number of aromatic nitrogens is 5. The zero-order valence-electron chi connectivity index (χ0n) is 20.8. The highest BCUT2D eigenvalue weighted by molar-refractivity contribution is 7.17. The van der Waals surface area contributed by atoms with Crippen molar-refractivity contribution in [1.82, 2.24) is 29.6 Å². The van der Waals surface area contributed by atoms with Crippen molar-refractivity contribution in [2.75, 3.05) is 42.1 Å². The van der Waals surface area contributed by atoms with Crippen LogP contribution in [0, 0.1) is 18.8 Å². The number of rotatable bonds is 5. The van der Waals surface area contributed by atoms with Gasteiger partial charge in [0, 0.05) is 37.9 Å². The van der Waals surface area contributed by atoms with E-state index in [1.54, 1.807) is 16.0 Å². The minimum absolute atomic E-state index is 0.254. The van der Waals surface area contributed by atoms with Gasteiger partial charge in [0.1, 0.15) is 6.33 Å². The summed E-state index contributed by atoms with van der Waals surface area (Å²) in [5.74, 6) is 3.19. The van der Waals surface area contributed by atoms with Crippen LogP contribution in [0.5, 0.6) is 0 Å². The quantitative estimate of drug-likeness (QED) is 0.373. The predicted molar refractivity (Wildman–Crippen MR) is 149 cm³/mol. The zero-order valence-corrected chi connectivity index (χ0v) is 22.3. The van der Waals surface area contributed by atoms with Crippen molar-refractivity contribution in [1.29, 1.82) is 0 Å². The Morgan fingerprint density at radius 2 is 1.97 bits per heavy atom. The number of halogens is 1. The Balaban J connectivity index is 1.04. The van der Waals surface area contributed by atoms with E-state index in [9.17, 15) is 0 Å². The maximum atomic E-state index is 6.76. The maximum absolute atomic E-state index is 6.76. The highest BCUT2D eigenvalue weighted by atomic mass is 35.5. The van der Waals surface area contributed by atoms with E-state index in [0.717, 1.165) is 76.2 Å². The smallest absolute Gasteiger partial charge is 0.248 e. The number of benzene rings is 1. The number of nitrogens with one attached hydrogen (secondary N) is 1. The number of nitrogens with zero attached hydrogens (tertiary/aromatic N) is 7. The summed E-state index contributed by atoms with van der Waals surface area (Å²) >= 11 is 8.33. The van der Waals surface area contributed by atoms with Gasteiger partial charge in [-0.15, -0.1) is 16.4 Å². The topological polar surface area (TPSA) is 101 Å². The number of fused-ring (bicyclic) bond motifs is 3.